The van der Waals surface area contributed by atoms with Crippen LogP contribution in [0.4, 0.5) is 11.4 Å². The van der Waals surface area contributed by atoms with Crippen molar-refractivity contribution in [1.29, 1.82) is 0 Å². The predicted molar refractivity (Wildman–Crippen MR) is 179 cm³/mol. The maximum Gasteiger partial charge on any atom is 0.238 e. The van der Waals surface area contributed by atoms with Gasteiger partial charge in [0.05, 0.1) is 29.9 Å². The summed E-state index contributed by atoms with van der Waals surface area (Å²) in [5.74, 6) is 0.347. The van der Waals surface area contributed by atoms with Crippen molar-refractivity contribution in [1.82, 2.24) is 14.5 Å². The summed E-state index contributed by atoms with van der Waals surface area (Å²) >= 11 is 0. The van der Waals surface area contributed by atoms with E-state index in [-0.39, 0.29) is 5.91 Å². The van der Waals surface area contributed by atoms with Gasteiger partial charge in [0.15, 0.2) is 0 Å². The van der Waals surface area contributed by atoms with Gasteiger partial charge in [-0.3, -0.25) is 4.79 Å². The highest BCUT2D eigenvalue weighted by molar-refractivity contribution is 5.95. The van der Waals surface area contributed by atoms with Crippen LogP contribution in [-0.2, 0) is 10.3 Å². The van der Waals surface area contributed by atoms with E-state index in [0.29, 0.717) is 12.5 Å². The van der Waals surface area contributed by atoms with Crippen molar-refractivity contribution in [3.05, 3.63) is 150 Å². The first-order chi connectivity index (χ1) is 21.5. The van der Waals surface area contributed by atoms with Gasteiger partial charge in [0.25, 0.3) is 0 Å². The number of piperidine rings is 1. The summed E-state index contributed by atoms with van der Waals surface area (Å²) in [6, 6.07) is 40.5. The minimum Gasteiger partial charge on any atom is -0.370 e. The summed E-state index contributed by atoms with van der Waals surface area (Å²) in [7, 11) is 3.81. The number of nitrogens with one attached hydrogen (secondary N) is 1. The smallest absolute Gasteiger partial charge is 0.238 e. The van der Waals surface area contributed by atoms with Gasteiger partial charge in [0.1, 0.15) is 5.54 Å². The van der Waals surface area contributed by atoms with Gasteiger partial charge in [0.2, 0.25) is 5.91 Å². The molecule has 1 saturated heterocycles. The van der Waals surface area contributed by atoms with Crippen molar-refractivity contribution in [3.8, 4) is 0 Å². The van der Waals surface area contributed by atoms with Gasteiger partial charge in [-0.1, -0.05) is 103 Å². The highest BCUT2D eigenvalue weighted by atomic mass is 16.2. The number of carbonyl (C=O) groups excluding carboxylic acids is 1. The predicted octanol–water partition coefficient (Wildman–Crippen LogP) is 6.92. The molecular weight excluding hydrogens is 542 g/mol. The molecule has 0 unspecified atom stereocenters. The quantitative estimate of drug-likeness (QED) is 0.192. The van der Waals surface area contributed by atoms with E-state index in [1.54, 1.807) is 0 Å². The van der Waals surface area contributed by atoms with Gasteiger partial charge in [-0.25, -0.2) is 4.98 Å². The Morgan fingerprint density at radius 2 is 1.30 bits per heavy atom. The Balaban J connectivity index is 1.33. The third-order valence-electron chi connectivity index (χ3n) is 8.84. The van der Waals surface area contributed by atoms with Gasteiger partial charge in [-0.2, -0.15) is 0 Å². The number of rotatable bonds is 9. The zero-order valence-corrected chi connectivity index (χ0v) is 25.9. The number of nitrogens with zero attached hydrogens (tertiary/aromatic N) is 4. The molecule has 0 radical (unpaired) electrons. The third kappa shape index (κ3) is 5.65. The largest absolute Gasteiger partial charge is 0.370 e. The Labute approximate surface area is 261 Å². The van der Waals surface area contributed by atoms with E-state index >= 15 is 0 Å². The SMILES string of the molecule is Cc1c(C2CCN(c3ccccc3NC(=O)CN(C)C)CC2)ncn1C(c1ccccc1)(c1ccccc1)c1ccccc1. The number of hydrogen-bond donors (Lipinski definition) is 1. The summed E-state index contributed by atoms with van der Waals surface area (Å²) in [4.78, 5) is 22.0. The minimum atomic E-state index is -0.566. The normalized spacial score (nSPS) is 14.1. The molecule has 0 aliphatic carbocycles. The van der Waals surface area contributed by atoms with E-state index in [0.717, 1.165) is 37.3 Å². The van der Waals surface area contributed by atoms with Crippen LogP contribution in [0, 0.1) is 6.92 Å². The van der Waals surface area contributed by atoms with Crippen molar-refractivity contribution in [2.75, 3.05) is 43.9 Å². The molecule has 0 spiro atoms. The topological polar surface area (TPSA) is 53.4 Å². The van der Waals surface area contributed by atoms with Crippen LogP contribution in [0.25, 0.3) is 0 Å². The van der Waals surface area contributed by atoms with Crippen molar-refractivity contribution in [3.63, 3.8) is 0 Å². The van der Waals surface area contributed by atoms with Crippen LogP contribution in [0.1, 0.15) is 46.8 Å². The molecule has 44 heavy (non-hydrogen) atoms. The molecular formula is C38H41N5O. The van der Waals surface area contributed by atoms with Gasteiger partial charge in [-0.15, -0.1) is 0 Å². The van der Waals surface area contributed by atoms with E-state index < -0.39 is 5.54 Å². The number of hydrogen-bond acceptors (Lipinski definition) is 4. The monoisotopic (exact) mass is 583 g/mol. The van der Waals surface area contributed by atoms with Gasteiger partial charge in [0, 0.05) is 24.7 Å². The van der Waals surface area contributed by atoms with Crippen LogP contribution in [0.5, 0.6) is 0 Å². The fraction of sp³-hybridized carbons (Fsp3) is 0.263. The summed E-state index contributed by atoms with van der Waals surface area (Å²) in [5, 5.41) is 3.12. The Kier molecular flexibility index (Phi) is 8.62. The molecule has 0 bridgehead atoms. The molecule has 6 rings (SSSR count). The first-order valence-corrected chi connectivity index (χ1v) is 15.5. The van der Waals surface area contributed by atoms with Crippen LogP contribution in [0.15, 0.2) is 122 Å². The van der Waals surface area contributed by atoms with Gasteiger partial charge >= 0.3 is 0 Å². The van der Waals surface area contributed by atoms with Crippen molar-refractivity contribution < 1.29 is 4.79 Å². The number of carbonyl (C=O) groups is 1. The number of imidazole rings is 1. The molecule has 6 nitrogen and oxygen atoms in total. The fourth-order valence-corrected chi connectivity index (χ4v) is 6.84. The summed E-state index contributed by atoms with van der Waals surface area (Å²) < 4.78 is 2.39. The number of anilines is 2. The van der Waals surface area contributed by atoms with E-state index in [9.17, 15) is 4.79 Å². The van der Waals surface area contributed by atoms with Gasteiger partial charge in [-0.05, 0) is 62.7 Å². The number of aromatic nitrogens is 2. The Morgan fingerprint density at radius 1 is 0.795 bits per heavy atom. The van der Waals surface area contributed by atoms with E-state index in [1.807, 2.05) is 37.2 Å². The molecule has 1 aliphatic heterocycles. The van der Waals surface area contributed by atoms with Crippen LogP contribution in [0.3, 0.4) is 0 Å². The number of likely N-dealkylation sites (N-methyl/N-ethyl adjacent to an activating group) is 1. The molecule has 5 aromatic rings. The molecule has 224 valence electrons. The Hall–Kier alpha value is -4.68. The van der Waals surface area contributed by atoms with Crippen molar-refractivity contribution in [2.45, 2.75) is 31.2 Å². The first-order valence-electron chi connectivity index (χ1n) is 15.5. The molecule has 1 fully saturated rings. The molecule has 2 heterocycles. The van der Waals surface area contributed by atoms with Gasteiger partial charge < -0.3 is 19.7 Å². The molecule has 1 aliphatic rings. The van der Waals surface area contributed by atoms with E-state index in [4.69, 9.17) is 4.98 Å². The summed E-state index contributed by atoms with van der Waals surface area (Å²) in [6.07, 6.45) is 4.04. The van der Waals surface area contributed by atoms with Crippen LogP contribution >= 0.6 is 0 Å². The fourth-order valence-electron chi connectivity index (χ4n) is 6.84. The number of benzene rings is 4. The highest BCUT2D eigenvalue weighted by Crippen LogP contribution is 2.43. The van der Waals surface area contributed by atoms with Crippen molar-refractivity contribution >= 4 is 17.3 Å². The van der Waals surface area contributed by atoms with Crippen LogP contribution in [-0.4, -0.2) is 54.1 Å². The molecule has 1 aromatic heterocycles. The lowest BCUT2D eigenvalue weighted by molar-refractivity contribution is -0.116. The van der Waals surface area contributed by atoms with Crippen LogP contribution < -0.4 is 10.2 Å². The van der Waals surface area contributed by atoms with E-state index in [2.05, 4.69) is 125 Å². The highest BCUT2D eigenvalue weighted by Gasteiger charge is 2.40. The standard InChI is InChI=1S/C38H41N5O/c1-29-37(30-23-25-42(26-24-30)35-22-14-13-21-34(35)40-36(44)27-41(2)3)39-28-43(29)38(31-15-7-4-8-16-31,32-17-9-5-10-18-32)33-19-11-6-12-20-33/h4-22,28,30H,23-27H2,1-3H3,(H,40,44). The summed E-state index contributed by atoms with van der Waals surface area (Å²) in [5.41, 5.74) is 7.35. The molecule has 4 aromatic carbocycles. The Morgan fingerprint density at radius 3 is 1.82 bits per heavy atom. The second-order valence-corrected chi connectivity index (χ2v) is 12.0. The minimum absolute atomic E-state index is 0.00256. The summed E-state index contributed by atoms with van der Waals surface area (Å²) in [6.45, 7) is 4.39. The zero-order valence-electron chi connectivity index (χ0n) is 25.9. The molecule has 0 atom stereocenters. The zero-order chi connectivity index (χ0) is 30.5. The van der Waals surface area contributed by atoms with Crippen LogP contribution in [0.2, 0.25) is 0 Å². The molecule has 1 amide bonds. The number of para-hydroxylation sites is 2. The lowest BCUT2D eigenvalue weighted by Crippen LogP contribution is -2.38. The van der Waals surface area contributed by atoms with E-state index in [1.165, 1.54) is 28.1 Å². The second kappa shape index (κ2) is 12.9. The molecule has 6 heteroatoms. The molecule has 0 saturated carbocycles. The van der Waals surface area contributed by atoms with Crippen molar-refractivity contribution in [2.24, 2.45) is 0 Å². The average Bonchev–Trinajstić information content (AvgIpc) is 3.44. The Bertz CT molecular complexity index is 1580. The third-order valence-corrected chi connectivity index (χ3v) is 8.84. The maximum atomic E-state index is 12.5. The maximum absolute atomic E-state index is 12.5. The second-order valence-electron chi connectivity index (χ2n) is 12.0. The number of amides is 1. The lowest BCUT2D eigenvalue weighted by Gasteiger charge is -2.39. The molecule has 1 N–H and O–H groups in total. The first kappa shape index (κ1) is 29.4. The average molecular weight is 584 g/mol. The lowest BCUT2D eigenvalue weighted by atomic mass is 9.76.